The Balaban J connectivity index is 1.10. The zero-order valence-corrected chi connectivity index (χ0v) is 22.3. The fraction of sp³-hybridized carbons (Fsp3) is 0.500. The molecule has 196 valence electrons. The predicted octanol–water partition coefficient (Wildman–Crippen LogP) is 2.99. The van der Waals surface area contributed by atoms with Crippen molar-refractivity contribution >= 4 is 43.3 Å². The number of carbonyl (C=O) groups excluding carboxylic acids is 1. The molecule has 1 aliphatic carbocycles. The number of benzene rings is 1. The number of piperazine rings is 1. The maximum Gasteiger partial charge on any atom is 0.253 e. The molecule has 2 aromatic heterocycles. The second-order valence-electron chi connectivity index (χ2n) is 9.88. The summed E-state index contributed by atoms with van der Waals surface area (Å²) < 4.78 is 33.4. The molecule has 11 heteroatoms. The van der Waals surface area contributed by atoms with Crippen molar-refractivity contribution in [1.29, 1.82) is 0 Å². The van der Waals surface area contributed by atoms with Gasteiger partial charge in [-0.1, -0.05) is 0 Å². The molecule has 0 radical (unpaired) electrons. The van der Waals surface area contributed by atoms with Crippen molar-refractivity contribution in [1.82, 2.24) is 19.6 Å². The van der Waals surface area contributed by atoms with Gasteiger partial charge in [0.1, 0.15) is 17.0 Å². The van der Waals surface area contributed by atoms with Crippen molar-refractivity contribution in [2.45, 2.75) is 49.5 Å². The van der Waals surface area contributed by atoms with E-state index >= 15 is 0 Å². The maximum absolute atomic E-state index is 13.2. The minimum Gasteiger partial charge on any atom is -0.377 e. The number of rotatable bonds is 6. The molecular formula is C26H31N5O4S2. The number of anilines is 1. The minimum atomic E-state index is -3.65. The Bertz CT molecular complexity index is 1390. The average molecular weight is 542 g/mol. The zero-order valence-electron chi connectivity index (χ0n) is 20.7. The number of fused-ring (bicyclic) bond motifs is 3. The summed E-state index contributed by atoms with van der Waals surface area (Å²) in [6, 6.07) is 6.19. The van der Waals surface area contributed by atoms with E-state index in [4.69, 9.17) is 4.74 Å². The van der Waals surface area contributed by atoms with E-state index in [1.165, 1.54) is 40.8 Å². The molecule has 9 nitrogen and oxygen atoms in total. The highest BCUT2D eigenvalue weighted by Crippen LogP contribution is 2.39. The molecule has 0 saturated carbocycles. The van der Waals surface area contributed by atoms with Crippen molar-refractivity contribution < 1.29 is 17.9 Å². The van der Waals surface area contributed by atoms with E-state index < -0.39 is 10.0 Å². The molecule has 0 unspecified atom stereocenters. The summed E-state index contributed by atoms with van der Waals surface area (Å²) in [4.78, 5) is 29.1. The lowest BCUT2D eigenvalue weighted by molar-refractivity contribution is 0.0746. The Labute approximate surface area is 220 Å². The first-order valence-corrected chi connectivity index (χ1v) is 15.3. The molecule has 2 aliphatic heterocycles. The van der Waals surface area contributed by atoms with Crippen LogP contribution in [0.3, 0.4) is 0 Å². The van der Waals surface area contributed by atoms with Crippen LogP contribution in [0, 0.1) is 0 Å². The third-order valence-corrected chi connectivity index (χ3v) is 10.2. The van der Waals surface area contributed by atoms with Gasteiger partial charge in [0.25, 0.3) is 5.91 Å². The predicted molar refractivity (Wildman–Crippen MR) is 143 cm³/mol. The monoisotopic (exact) mass is 541 g/mol. The van der Waals surface area contributed by atoms with Crippen LogP contribution in [0.1, 0.15) is 46.5 Å². The van der Waals surface area contributed by atoms with Gasteiger partial charge in [-0.05, 0) is 68.4 Å². The van der Waals surface area contributed by atoms with Gasteiger partial charge in [-0.15, -0.1) is 11.3 Å². The van der Waals surface area contributed by atoms with Crippen molar-refractivity contribution in [2.24, 2.45) is 0 Å². The van der Waals surface area contributed by atoms with Crippen molar-refractivity contribution in [2.75, 3.05) is 44.2 Å². The van der Waals surface area contributed by atoms with Gasteiger partial charge >= 0.3 is 0 Å². The van der Waals surface area contributed by atoms with Gasteiger partial charge in [-0.25, -0.2) is 23.1 Å². The molecule has 3 aromatic rings. The van der Waals surface area contributed by atoms with Gasteiger partial charge < -0.3 is 14.5 Å². The number of nitrogens with one attached hydrogen (secondary N) is 1. The fourth-order valence-electron chi connectivity index (χ4n) is 5.49. The maximum atomic E-state index is 13.2. The Morgan fingerprint density at radius 2 is 1.84 bits per heavy atom. The topological polar surface area (TPSA) is 105 Å². The number of amides is 1. The zero-order chi connectivity index (χ0) is 25.4. The van der Waals surface area contributed by atoms with Crippen LogP contribution in [-0.4, -0.2) is 74.6 Å². The number of thiophene rings is 1. The molecule has 1 N–H and O–H groups in total. The third-order valence-electron chi connectivity index (χ3n) is 7.53. The first kappa shape index (κ1) is 24.7. The summed E-state index contributed by atoms with van der Waals surface area (Å²) in [5.74, 6) is 0.901. The Morgan fingerprint density at radius 1 is 1.05 bits per heavy atom. The van der Waals surface area contributed by atoms with E-state index in [0.717, 1.165) is 36.3 Å². The summed E-state index contributed by atoms with van der Waals surface area (Å²) in [5.41, 5.74) is 1.91. The largest absolute Gasteiger partial charge is 0.377 e. The SMILES string of the molecule is O=C(c1ccc(S(=O)(=O)NC[C@@H]2CCCO2)cc1)N1CCN(c2ncnc3sc4c(c23)CCCC4)CC1. The molecule has 1 aromatic carbocycles. The lowest BCUT2D eigenvalue weighted by atomic mass is 9.97. The van der Waals surface area contributed by atoms with Crippen LogP contribution in [0.2, 0.25) is 0 Å². The molecule has 0 bridgehead atoms. The molecule has 0 spiro atoms. The first-order chi connectivity index (χ1) is 18.0. The molecular weight excluding hydrogens is 510 g/mol. The van der Waals surface area contributed by atoms with Gasteiger partial charge in [0.15, 0.2) is 0 Å². The van der Waals surface area contributed by atoms with Crippen LogP contribution < -0.4 is 9.62 Å². The summed E-state index contributed by atoms with van der Waals surface area (Å²) in [7, 11) is -3.65. The Hall–Kier alpha value is -2.60. The van der Waals surface area contributed by atoms with Crippen LogP contribution >= 0.6 is 11.3 Å². The summed E-state index contributed by atoms with van der Waals surface area (Å²) in [6.45, 7) is 3.50. The number of nitrogens with zero attached hydrogens (tertiary/aromatic N) is 4. The number of sulfonamides is 1. The quantitative estimate of drug-likeness (QED) is 0.512. The lowest BCUT2D eigenvalue weighted by Gasteiger charge is -2.35. The van der Waals surface area contributed by atoms with Crippen molar-refractivity contribution in [3.8, 4) is 0 Å². The van der Waals surface area contributed by atoms with Crippen LogP contribution in [0.5, 0.6) is 0 Å². The van der Waals surface area contributed by atoms with E-state index in [2.05, 4.69) is 19.6 Å². The smallest absolute Gasteiger partial charge is 0.253 e. The van der Waals surface area contributed by atoms with Gasteiger partial charge in [0.2, 0.25) is 10.0 Å². The molecule has 1 atom stereocenters. The lowest BCUT2D eigenvalue weighted by Crippen LogP contribution is -2.49. The Morgan fingerprint density at radius 3 is 2.59 bits per heavy atom. The number of aryl methyl sites for hydroxylation is 2. The van der Waals surface area contributed by atoms with E-state index in [-0.39, 0.29) is 23.5 Å². The standard InChI is InChI=1S/C26H31N5O4S2/c32-26(18-7-9-20(10-8-18)37(33,34)29-16-19-4-3-15-35-19)31-13-11-30(12-14-31)24-23-21-5-1-2-6-22(21)36-25(23)28-17-27-24/h7-10,17,19,29H,1-6,11-16H2/t19-/m0/s1. The highest BCUT2D eigenvalue weighted by molar-refractivity contribution is 7.89. The number of hydrogen-bond donors (Lipinski definition) is 1. The average Bonchev–Trinajstić information content (AvgIpc) is 3.60. The highest BCUT2D eigenvalue weighted by atomic mass is 32.2. The van der Waals surface area contributed by atoms with Crippen molar-refractivity contribution in [3.63, 3.8) is 0 Å². The highest BCUT2D eigenvalue weighted by Gasteiger charge is 2.27. The molecule has 2 saturated heterocycles. The van der Waals surface area contributed by atoms with Crippen LogP contribution in [0.15, 0.2) is 35.5 Å². The summed E-state index contributed by atoms with van der Waals surface area (Å²) in [6.07, 6.45) is 8.06. The van der Waals surface area contributed by atoms with Crippen molar-refractivity contribution in [3.05, 3.63) is 46.6 Å². The van der Waals surface area contributed by atoms with Gasteiger partial charge in [-0.2, -0.15) is 0 Å². The van der Waals surface area contributed by atoms with Gasteiger partial charge in [0, 0.05) is 49.8 Å². The van der Waals surface area contributed by atoms with Crippen LogP contribution in [0.25, 0.3) is 10.2 Å². The second kappa shape index (κ2) is 10.3. The molecule has 6 rings (SSSR count). The van der Waals surface area contributed by atoms with Crippen LogP contribution in [0.4, 0.5) is 5.82 Å². The first-order valence-electron chi connectivity index (χ1n) is 13.0. The van der Waals surface area contributed by atoms with Crippen LogP contribution in [-0.2, 0) is 27.6 Å². The summed E-state index contributed by atoms with van der Waals surface area (Å²) in [5, 5.41) is 1.20. The Kier molecular flexibility index (Phi) is 6.87. The second-order valence-corrected chi connectivity index (χ2v) is 12.7. The number of ether oxygens (including phenoxy) is 1. The van der Waals surface area contributed by atoms with E-state index in [9.17, 15) is 13.2 Å². The normalized spacial score (nSPS) is 20.4. The van der Waals surface area contributed by atoms with E-state index in [0.29, 0.717) is 38.3 Å². The minimum absolute atomic E-state index is 0.0714. The summed E-state index contributed by atoms with van der Waals surface area (Å²) >= 11 is 1.80. The fourth-order valence-corrected chi connectivity index (χ4v) is 7.78. The molecule has 37 heavy (non-hydrogen) atoms. The molecule has 3 aliphatic rings. The molecule has 4 heterocycles. The van der Waals surface area contributed by atoms with Gasteiger partial charge in [-0.3, -0.25) is 4.79 Å². The number of hydrogen-bond acceptors (Lipinski definition) is 8. The molecule has 2 fully saturated rings. The van der Waals surface area contributed by atoms with E-state index in [1.807, 2.05) is 4.90 Å². The molecule has 1 amide bonds. The number of carbonyl (C=O) groups is 1. The van der Waals surface area contributed by atoms with E-state index in [1.54, 1.807) is 29.8 Å². The third kappa shape index (κ3) is 4.97. The number of aromatic nitrogens is 2. The van der Waals surface area contributed by atoms with Gasteiger partial charge in [0.05, 0.1) is 16.4 Å².